The van der Waals surface area contributed by atoms with Crippen LogP contribution in [0.15, 0.2) is 28.5 Å². The van der Waals surface area contributed by atoms with E-state index in [1.54, 1.807) is 29.2 Å². The fourth-order valence-electron chi connectivity index (χ4n) is 4.40. The third kappa shape index (κ3) is 4.79. The lowest BCUT2D eigenvalue weighted by atomic mass is 10.0. The molecule has 0 atom stereocenters. The molecule has 0 bridgehead atoms. The van der Waals surface area contributed by atoms with Crippen molar-refractivity contribution in [2.24, 2.45) is 5.92 Å². The fraction of sp³-hybridized carbons (Fsp3) is 0.455. The van der Waals surface area contributed by atoms with E-state index in [-0.39, 0.29) is 15.7 Å². The molecule has 32 heavy (non-hydrogen) atoms. The van der Waals surface area contributed by atoms with Crippen molar-refractivity contribution in [2.75, 3.05) is 18.4 Å². The third-order valence-corrected chi connectivity index (χ3v) is 9.41. The van der Waals surface area contributed by atoms with E-state index >= 15 is 0 Å². The van der Waals surface area contributed by atoms with Crippen LogP contribution in [0.2, 0.25) is 5.02 Å². The monoisotopic (exact) mass is 496 g/mol. The van der Waals surface area contributed by atoms with Crippen molar-refractivity contribution in [3.05, 3.63) is 45.3 Å². The summed E-state index contributed by atoms with van der Waals surface area (Å²) in [6, 6.07) is 6.26. The lowest BCUT2D eigenvalue weighted by molar-refractivity contribution is -0.133. The van der Waals surface area contributed by atoms with Gasteiger partial charge in [0, 0.05) is 28.6 Å². The topological polar surface area (TPSA) is 92.8 Å². The summed E-state index contributed by atoms with van der Waals surface area (Å²) >= 11 is 6.91. The number of ether oxygens (including phenoxy) is 1. The molecule has 1 saturated carbocycles. The number of hydrogen-bond acceptors (Lipinski definition) is 6. The number of benzene rings is 1. The van der Waals surface area contributed by atoms with Gasteiger partial charge in [-0.2, -0.15) is 0 Å². The zero-order chi connectivity index (χ0) is 22.9. The molecule has 1 aromatic heterocycles. The molecule has 1 aliphatic heterocycles. The Bertz CT molecular complexity index is 1120. The molecule has 1 aromatic carbocycles. The number of carbonyl (C=O) groups excluding carboxylic acids is 2. The molecule has 10 heteroatoms. The van der Waals surface area contributed by atoms with E-state index in [1.807, 2.05) is 0 Å². The van der Waals surface area contributed by atoms with E-state index in [4.69, 9.17) is 16.3 Å². The number of nitrogens with one attached hydrogen (secondary N) is 1. The highest BCUT2D eigenvalue weighted by atomic mass is 35.5. The van der Waals surface area contributed by atoms with Crippen molar-refractivity contribution in [3.63, 3.8) is 0 Å². The van der Waals surface area contributed by atoms with Crippen LogP contribution in [0.5, 0.6) is 0 Å². The van der Waals surface area contributed by atoms with Gasteiger partial charge in [-0.1, -0.05) is 24.4 Å². The number of rotatable bonds is 6. The lowest BCUT2D eigenvalue weighted by Gasteiger charge is -2.28. The molecule has 7 nitrogen and oxygen atoms in total. The van der Waals surface area contributed by atoms with E-state index < -0.39 is 16.0 Å². The third-order valence-electron chi connectivity index (χ3n) is 6.05. The summed E-state index contributed by atoms with van der Waals surface area (Å²) in [7, 11) is -2.81. The number of fused-ring (bicyclic) bond motifs is 1. The number of anilines is 1. The first-order chi connectivity index (χ1) is 15.3. The highest BCUT2D eigenvalue weighted by Gasteiger charge is 2.35. The average molecular weight is 497 g/mol. The van der Waals surface area contributed by atoms with Crippen molar-refractivity contribution in [1.29, 1.82) is 0 Å². The lowest BCUT2D eigenvalue weighted by Crippen LogP contribution is -2.36. The first kappa shape index (κ1) is 23.1. The fourth-order valence-corrected chi connectivity index (χ4v) is 7.49. The highest BCUT2D eigenvalue weighted by Crippen LogP contribution is 2.38. The van der Waals surface area contributed by atoms with Gasteiger partial charge < -0.3 is 9.64 Å². The molecule has 172 valence electrons. The molecule has 4 rings (SSSR count). The van der Waals surface area contributed by atoms with Gasteiger partial charge in [0.15, 0.2) is 4.21 Å². The predicted octanol–water partition coefficient (Wildman–Crippen LogP) is 4.45. The summed E-state index contributed by atoms with van der Waals surface area (Å²) in [5.41, 5.74) is 1.06. The van der Waals surface area contributed by atoms with E-state index in [0.717, 1.165) is 24.2 Å². The van der Waals surface area contributed by atoms with Crippen LogP contribution in [-0.4, -0.2) is 38.8 Å². The smallest absolute Gasteiger partial charge is 0.340 e. The number of hydrogen-bond donors (Lipinski definition) is 1. The van der Waals surface area contributed by atoms with Crippen LogP contribution in [0.3, 0.4) is 0 Å². The molecule has 1 N–H and O–H groups in total. The van der Waals surface area contributed by atoms with Gasteiger partial charge in [0.25, 0.3) is 10.0 Å². The van der Waals surface area contributed by atoms with Crippen LogP contribution in [0.25, 0.3) is 0 Å². The highest BCUT2D eigenvalue weighted by molar-refractivity contribution is 7.94. The minimum Gasteiger partial charge on any atom is -0.465 e. The summed E-state index contributed by atoms with van der Waals surface area (Å²) in [4.78, 5) is 27.9. The normalized spacial score (nSPS) is 16.6. The van der Waals surface area contributed by atoms with Gasteiger partial charge in [0.05, 0.1) is 19.2 Å². The number of carbonyl (C=O) groups is 2. The first-order valence-corrected chi connectivity index (χ1v) is 13.2. The Balaban J connectivity index is 1.61. The Labute approximate surface area is 196 Å². The Morgan fingerprint density at radius 2 is 1.91 bits per heavy atom. The van der Waals surface area contributed by atoms with E-state index in [0.29, 0.717) is 53.0 Å². The van der Waals surface area contributed by atoms with Crippen LogP contribution in [0, 0.1) is 5.92 Å². The summed E-state index contributed by atoms with van der Waals surface area (Å²) in [6.45, 7) is 0.773. The van der Waals surface area contributed by atoms with Gasteiger partial charge in [0.1, 0.15) is 0 Å². The maximum absolute atomic E-state index is 13.2. The second-order valence-corrected chi connectivity index (χ2v) is 11.6. The second-order valence-electron chi connectivity index (χ2n) is 8.19. The van der Waals surface area contributed by atoms with Crippen molar-refractivity contribution in [1.82, 2.24) is 4.90 Å². The molecular weight excluding hydrogens is 472 g/mol. The van der Waals surface area contributed by atoms with Crippen LogP contribution < -0.4 is 4.72 Å². The molecular formula is C22H25ClN2O5S2. The van der Waals surface area contributed by atoms with E-state index in [1.165, 1.54) is 20.0 Å². The second kappa shape index (κ2) is 9.41. The number of esters is 1. The maximum atomic E-state index is 13.2. The molecule has 0 saturated heterocycles. The van der Waals surface area contributed by atoms with Crippen LogP contribution in [0.1, 0.15) is 52.9 Å². The van der Waals surface area contributed by atoms with Crippen LogP contribution in [0.4, 0.5) is 5.69 Å². The SMILES string of the molecule is COC(=O)c1c(S(=O)(=O)Nc2ccc(Cl)cc2)sc2c1CCN(C(=O)CC1CCCC1)C2. The molecule has 1 amide bonds. The summed E-state index contributed by atoms with van der Waals surface area (Å²) in [5, 5.41) is 0.483. The van der Waals surface area contributed by atoms with Gasteiger partial charge >= 0.3 is 5.97 Å². The number of sulfonamides is 1. The predicted molar refractivity (Wildman–Crippen MR) is 124 cm³/mol. The molecule has 0 unspecified atom stereocenters. The molecule has 1 aliphatic carbocycles. The average Bonchev–Trinajstić information content (AvgIpc) is 3.42. The van der Waals surface area contributed by atoms with Gasteiger partial charge in [-0.3, -0.25) is 9.52 Å². The Kier molecular flexibility index (Phi) is 6.78. The van der Waals surface area contributed by atoms with E-state index in [9.17, 15) is 18.0 Å². The number of amides is 1. The van der Waals surface area contributed by atoms with Gasteiger partial charge in [0.2, 0.25) is 5.91 Å². The number of halogens is 1. The van der Waals surface area contributed by atoms with Gasteiger partial charge in [-0.05, 0) is 55.0 Å². The number of nitrogens with zero attached hydrogens (tertiary/aromatic N) is 1. The maximum Gasteiger partial charge on any atom is 0.340 e. The molecule has 1 fully saturated rings. The summed E-state index contributed by atoms with van der Waals surface area (Å²) in [6.07, 6.45) is 5.50. The quantitative estimate of drug-likeness (QED) is 0.596. The molecule has 2 aliphatic rings. The van der Waals surface area contributed by atoms with Crippen molar-refractivity contribution in [2.45, 2.75) is 49.3 Å². The Hall–Kier alpha value is -2.10. The Morgan fingerprint density at radius 3 is 2.56 bits per heavy atom. The molecule has 2 heterocycles. The molecule has 0 spiro atoms. The number of thiophene rings is 1. The van der Waals surface area contributed by atoms with Crippen molar-refractivity contribution >= 4 is 50.5 Å². The summed E-state index contributed by atoms with van der Waals surface area (Å²) in [5.74, 6) is -0.152. The minimum absolute atomic E-state index is 0.0665. The molecule has 2 aromatic rings. The number of methoxy groups -OCH3 is 1. The zero-order valence-corrected chi connectivity index (χ0v) is 20.1. The Morgan fingerprint density at radius 1 is 1.22 bits per heavy atom. The standard InChI is InChI=1S/C22H25ClN2O5S2/c1-30-21(27)20-17-10-11-25(19(26)12-14-4-2-3-5-14)13-18(17)31-22(20)32(28,29)24-16-8-6-15(23)7-9-16/h6-9,14,24H,2-5,10-13H2,1H3. The minimum atomic E-state index is -4.04. The molecule has 0 radical (unpaired) electrons. The largest absolute Gasteiger partial charge is 0.465 e. The zero-order valence-electron chi connectivity index (χ0n) is 17.7. The van der Waals surface area contributed by atoms with Crippen molar-refractivity contribution < 1.29 is 22.7 Å². The first-order valence-electron chi connectivity index (χ1n) is 10.6. The van der Waals surface area contributed by atoms with E-state index in [2.05, 4.69) is 4.72 Å². The van der Waals surface area contributed by atoms with Gasteiger partial charge in [-0.15, -0.1) is 11.3 Å². The van der Waals surface area contributed by atoms with Gasteiger partial charge in [-0.25, -0.2) is 13.2 Å². The van der Waals surface area contributed by atoms with Crippen LogP contribution in [-0.2, 0) is 32.5 Å². The summed E-state index contributed by atoms with van der Waals surface area (Å²) < 4.78 is 33.7. The van der Waals surface area contributed by atoms with Crippen LogP contribution >= 0.6 is 22.9 Å². The van der Waals surface area contributed by atoms with Crippen molar-refractivity contribution in [3.8, 4) is 0 Å².